The van der Waals surface area contributed by atoms with Crippen LogP contribution in [0.5, 0.6) is 0 Å². The van der Waals surface area contributed by atoms with E-state index in [0.29, 0.717) is 11.1 Å². The molecule has 1 atom stereocenters. The number of hydrogen-bond donors (Lipinski definition) is 1. The van der Waals surface area contributed by atoms with E-state index in [1.807, 2.05) is 0 Å². The summed E-state index contributed by atoms with van der Waals surface area (Å²) in [5.74, 6) is 0. The summed E-state index contributed by atoms with van der Waals surface area (Å²) in [7, 11) is 0. The maximum absolute atomic E-state index is 10.7. The van der Waals surface area contributed by atoms with Gasteiger partial charge in [0.2, 0.25) is 0 Å². The summed E-state index contributed by atoms with van der Waals surface area (Å²) in [5, 5.41) is 8.67. The fraction of sp³-hybridized carbons (Fsp3) is 0.222. The second-order valence-corrected chi connectivity index (χ2v) is 2.92. The van der Waals surface area contributed by atoms with Gasteiger partial charge in [0, 0.05) is 5.56 Å². The minimum Gasteiger partial charge on any atom is -0.389 e. The van der Waals surface area contributed by atoms with Gasteiger partial charge in [-0.05, 0) is 30.2 Å². The molecule has 0 fully saturated rings. The van der Waals surface area contributed by atoms with E-state index in [2.05, 4.69) is 0 Å². The fourth-order valence-corrected chi connectivity index (χ4v) is 1.04. The molecule has 1 aromatic carbocycles. The van der Waals surface area contributed by atoms with Gasteiger partial charge in [0.05, 0.1) is 6.10 Å². The third kappa shape index (κ3) is 2.06. The van der Waals surface area contributed by atoms with Crippen molar-refractivity contribution in [3.63, 3.8) is 0 Å². The topological polar surface area (TPSA) is 37.3 Å². The van der Waals surface area contributed by atoms with Crippen LogP contribution in [0.3, 0.4) is 0 Å². The fourth-order valence-electron chi connectivity index (χ4n) is 0.921. The Hall–Kier alpha value is -0.860. The number of carbonyl (C=O) groups is 1. The molecule has 2 nitrogen and oxygen atoms in total. The molecule has 0 amide bonds. The van der Waals surface area contributed by atoms with Crippen molar-refractivity contribution in [1.29, 1.82) is 0 Å². The predicted octanol–water partition coefficient (Wildman–Crippen LogP) is 2.12. The van der Waals surface area contributed by atoms with Crippen LogP contribution >= 0.6 is 11.6 Å². The van der Waals surface area contributed by atoms with E-state index in [1.165, 1.54) is 0 Å². The Morgan fingerprint density at radius 2 is 2.25 bits per heavy atom. The van der Waals surface area contributed by atoms with Crippen molar-refractivity contribution in [2.45, 2.75) is 13.0 Å². The number of benzene rings is 1. The molecule has 0 aliphatic carbocycles. The van der Waals surface area contributed by atoms with Crippen LogP contribution in [0.15, 0.2) is 24.3 Å². The van der Waals surface area contributed by atoms with Gasteiger partial charge in [-0.3, -0.25) is 4.79 Å². The number of hydrogen-bond acceptors (Lipinski definition) is 2. The van der Waals surface area contributed by atoms with E-state index < -0.39 is 11.3 Å². The molecule has 0 radical (unpaired) electrons. The highest BCUT2D eigenvalue weighted by Gasteiger charge is 2.04. The highest BCUT2D eigenvalue weighted by atomic mass is 35.5. The van der Waals surface area contributed by atoms with Crippen LogP contribution < -0.4 is 0 Å². The van der Waals surface area contributed by atoms with Gasteiger partial charge in [-0.2, -0.15) is 0 Å². The zero-order chi connectivity index (χ0) is 9.14. The highest BCUT2D eigenvalue weighted by Crippen LogP contribution is 2.14. The molecule has 0 spiro atoms. The molecule has 12 heavy (non-hydrogen) atoms. The summed E-state index contributed by atoms with van der Waals surface area (Å²) in [6, 6.07) is 6.63. The van der Waals surface area contributed by atoms with Gasteiger partial charge in [0.15, 0.2) is 0 Å². The first kappa shape index (κ1) is 9.23. The molecule has 0 aliphatic heterocycles. The Bertz CT molecular complexity index is 294. The van der Waals surface area contributed by atoms with Crippen LogP contribution in [0.4, 0.5) is 0 Å². The van der Waals surface area contributed by atoms with Crippen LogP contribution in [0.1, 0.15) is 28.9 Å². The molecule has 3 heteroatoms. The largest absolute Gasteiger partial charge is 0.389 e. The predicted molar refractivity (Wildman–Crippen MR) is 47.3 cm³/mol. The van der Waals surface area contributed by atoms with E-state index in [-0.39, 0.29) is 0 Å². The quantitative estimate of drug-likeness (QED) is 0.715. The van der Waals surface area contributed by atoms with Crippen molar-refractivity contribution in [3.8, 4) is 0 Å². The Kier molecular flexibility index (Phi) is 2.84. The van der Waals surface area contributed by atoms with Gasteiger partial charge in [0.25, 0.3) is 5.24 Å². The maximum atomic E-state index is 10.7. The zero-order valence-electron chi connectivity index (χ0n) is 6.62. The number of rotatable bonds is 2. The lowest BCUT2D eigenvalue weighted by molar-refractivity contribution is 0.108. The van der Waals surface area contributed by atoms with Crippen molar-refractivity contribution in [1.82, 2.24) is 0 Å². The monoisotopic (exact) mass is 184 g/mol. The molecule has 1 N–H and O–H groups in total. The van der Waals surface area contributed by atoms with E-state index in [9.17, 15) is 9.90 Å². The highest BCUT2D eigenvalue weighted by molar-refractivity contribution is 6.67. The minimum atomic E-state index is -0.569. The molecule has 64 valence electrons. The van der Waals surface area contributed by atoms with Crippen molar-refractivity contribution in [2.24, 2.45) is 0 Å². The van der Waals surface area contributed by atoms with Gasteiger partial charge in [-0.25, -0.2) is 0 Å². The molecular weight excluding hydrogens is 176 g/mol. The summed E-state index contributed by atoms with van der Waals surface area (Å²) in [6.45, 7) is 1.64. The maximum Gasteiger partial charge on any atom is 0.252 e. The second-order valence-electron chi connectivity index (χ2n) is 2.58. The van der Waals surface area contributed by atoms with E-state index in [0.717, 1.165) is 0 Å². The van der Waals surface area contributed by atoms with E-state index >= 15 is 0 Å². The smallest absolute Gasteiger partial charge is 0.252 e. The molecule has 0 saturated carbocycles. The molecule has 0 bridgehead atoms. The van der Waals surface area contributed by atoms with Gasteiger partial charge >= 0.3 is 0 Å². The first-order chi connectivity index (χ1) is 5.61. The molecule has 1 rings (SSSR count). The molecule has 1 aromatic rings. The van der Waals surface area contributed by atoms with E-state index in [1.54, 1.807) is 31.2 Å². The average molecular weight is 185 g/mol. The third-order valence-electron chi connectivity index (χ3n) is 1.60. The Labute approximate surface area is 75.8 Å². The van der Waals surface area contributed by atoms with Crippen LogP contribution in [0.25, 0.3) is 0 Å². The van der Waals surface area contributed by atoms with Crippen LogP contribution in [-0.2, 0) is 0 Å². The van der Waals surface area contributed by atoms with Crippen LogP contribution in [0.2, 0.25) is 0 Å². The van der Waals surface area contributed by atoms with Crippen molar-refractivity contribution >= 4 is 16.8 Å². The lowest BCUT2D eigenvalue weighted by atomic mass is 10.1. The first-order valence-electron chi connectivity index (χ1n) is 3.59. The van der Waals surface area contributed by atoms with Crippen molar-refractivity contribution < 1.29 is 9.90 Å². The second kappa shape index (κ2) is 3.70. The first-order valence-corrected chi connectivity index (χ1v) is 3.97. The lowest BCUT2D eigenvalue weighted by Gasteiger charge is -2.04. The summed E-state index contributed by atoms with van der Waals surface area (Å²) >= 11 is 5.26. The SMILES string of the molecule is CC(O)c1cccc(C(=O)Cl)c1. The average Bonchev–Trinajstić information content (AvgIpc) is 2.04. The molecule has 0 aromatic heterocycles. The summed E-state index contributed by atoms with van der Waals surface area (Å²) < 4.78 is 0. The van der Waals surface area contributed by atoms with Gasteiger partial charge in [-0.1, -0.05) is 18.2 Å². The molecule has 0 aliphatic rings. The molecule has 0 heterocycles. The number of aliphatic hydroxyl groups excluding tert-OH is 1. The van der Waals surface area contributed by atoms with Gasteiger partial charge < -0.3 is 5.11 Å². The van der Waals surface area contributed by atoms with Crippen molar-refractivity contribution in [2.75, 3.05) is 0 Å². The van der Waals surface area contributed by atoms with E-state index in [4.69, 9.17) is 11.6 Å². The number of halogens is 1. The third-order valence-corrected chi connectivity index (χ3v) is 1.81. The summed E-state index contributed by atoms with van der Waals surface area (Å²) in [6.07, 6.45) is -0.569. The number of aliphatic hydroxyl groups is 1. The normalized spacial score (nSPS) is 12.6. The Balaban J connectivity index is 3.04. The molecule has 0 saturated heterocycles. The van der Waals surface area contributed by atoms with Crippen LogP contribution in [-0.4, -0.2) is 10.3 Å². The van der Waals surface area contributed by atoms with Crippen molar-refractivity contribution in [3.05, 3.63) is 35.4 Å². The lowest BCUT2D eigenvalue weighted by Crippen LogP contribution is -1.94. The molecule has 1 unspecified atom stereocenters. The van der Waals surface area contributed by atoms with Crippen LogP contribution in [0, 0.1) is 0 Å². The zero-order valence-corrected chi connectivity index (χ0v) is 7.38. The Morgan fingerprint density at radius 3 is 2.75 bits per heavy atom. The molecular formula is C9H9ClO2. The minimum absolute atomic E-state index is 0.412. The summed E-state index contributed by atoms with van der Waals surface area (Å²) in [4.78, 5) is 10.7. The summed E-state index contributed by atoms with van der Waals surface area (Å²) in [5.41, 5.74) is 1.11. The van der Waals surface area contributed by atoms with Gasteiger partial charge in [-0.15, -0.1) is 0 Å². The standard InChI is InChI=1S/C9H9ClO2/c1-6(11)7-3-2-4-8(5-7)9(10)12/h2-6,11H,1H3. The number of carbonyl (C=O) groups excluding carboxylic acids is 1. The Morgan fingerprint density at radius 1 is 1.58 bits per heavy atom. The van der Waals surface area contributed by atoms with Gasteiger partial charge in [0.1, 0.15) is 0 Å².